The lowest BCUT2D eigenvalue weighted by Gasteiger charge is -2.24. The van der Waals surface area contributed by atoms with Crippen molar-refractivity contribution in [3.05, 3.63) is 0 Å². The summed E-state index contributed by atoms with van der Waals surface area (Å²) in [5.41, 5.74) is 0. The van der Waals surface area contributed by atoms with Gasteiger partial charge in [-0.15, -0.1) is 0 Å². The molecule has 3 aliphatic rings. The Balaban J connectivity index is 1.31. The molecule has 3 fully saturated rings. The number of hydrogen-bond acceptors (Lipinski definition) is 3. The first-order valence-corrected chi connectivity index (χ1v) is 9.60. The molecule has 3 atom stereocenters. The van der Waals surface area contributed by atoms with Gasteiger partial charge in [0.25, 0.3) is 0 Å². The van der Waals surface area contributed by atoms with E-state index in [2.05, 4.69) is 16.0 Å². The minimum Gasteiger partial charge on any atom is -0.353 e. The SMILES string of the molecule is O=C(NCCNC1CCCCCC1)C1CC2CCCCC2N1. The van der Waals surface area contributed by atoms with E-state index in [0.29, 0.717) is 12.1 Å². The van der Waals surface area contributed by atoms with Crippen LogP contribution in [0.3, 0.4) is 0 Å². The molecular formula is C18H33N3O. The fraction of sp³-hybridized carbons (Fsp3) is 0.944. The Morgan fingerprint density at radius 2 is 1.64 bits per heavy atom. The first-order chi connectivity index (χ1) is 10.8. The van der Waals surface area contributed by atoms with Crippen molar-refractivity contribution < 1.29 is 4.79 Å². The number of carbonyl (C=O) groups excluding carboxylic acids is 1. The van der Waals surface area contributed by atoms with E-state index in [0.717, 1.165) is 25.4 Å². The molecule has 1 saturated heterocycles. The predicted octanol–water partition coefficient (Wildman–Crippen LogP) is 2.34. The van der Waals surface area contributed by atoms with Crippen molar-refractivity contribution in [1.29, 1.82) is 0 Å². The second-order valence-corrected chi connectivity index (χ2v) is 7.54. The Labute approximate surface area is 135 Å². The third-order valence-electron chi connectivity index (χ3n) is 5.89. The molecule has 0 aromatic heterocycles. The van der Waals surface area contributed by atoms with Gasteiger partial charge in [-0.3, -0.25) is 4.79 Å². The smallest absolute Gasteiger partial charge is 0.237 e. The van der Waals surface area contributed by atoms with E-state index in [-0.39, 0.29) is 11.9 Å². The van der Waals surface area contributed by atoms with E-state index in [9.17, 15) is 4.79 Å². The quantitative estimate of drug-likeness (QED) is 0.540. The van der Waals surface area contributed by atoms with Gasteiger partial charge in [-0.1, -0.05) is 38.5 Å². The standard InChI is InChI=1S/C18H33N3O/c22-18(17-13-14-7-5-6-10-16(14)21-17)20-12-11-19-15-8-3-1-2-4-9-15/h14-17,19,21H,1-13H2,(H,20,22). The van der Waals surface area contributed by atoms with Crippen molar-refractivity contribution in [1.82, 2.24) is 16.0 Å². The van der Waals surface area contributed by atoms with Gasteiger partial charge in [-0.2, -0.15) is 0 Å². The van der Waals surface area contributed by atoms with E-state index >= 15 is 0 Å². The molecule has 2 aliphatic carbocycles. The average Bonchev–Trinajstić information content (AvgIpc) is 2.81. The molecule has 1 amide bonds. The van der Waals surface area contributed by atoms with Gasteiger partial charge in [0.15, 0.2) is 0 Å². The van der Waals surface area contributed by atoms with E-state index in [1.165, 1.54) is 64.2 Å². The van der Waals surface area contributed by atoms with Crippen molar-refractivity contribution in [2.24, 2.45) is 5.92 Å². The number of fused-ring (bicyclic) bond motifs is 1. The number of nitrogens with one attached hydrogen (secondary N) is 3. The predicted molar refractivity (Wildman–Crippen MR) is 89.8 cm³/mol. The minimum absolute atomic E-state index is 0.0611. The molecule has 3 N–H and O–H groups in total. The molecule has 1 heterocycles. The number of hydrogen-bond donors (Lipinski definition) is 3. The van der Waals surface area contributed by atoms with Gasteiger partial charge in [0.1, 0.15) is 0 Å². The van der Waals surface area contributed by atoms with Crippen LogP contribution < -0.4 is 16.0 Å². The topological polar surface area (TPSA) is 53.2 Å². The second-order valence-electron chi connectivity index (χ2n) is 7.54. The molecule has 3 rings (SSSR count). The van der Waals surface area contributed by atoms with Crippen molar-refractivity contribution in [3.8, 4) is 0 Å². The van der Waals surface area contributed by atoms with Gasteiger partial charge in [-0.05, 0) is 38.0 Å². The van der Waals surface area contributed by atoms with Crippen LogP contribution in [0.25, 0.3) is 0 Å². The summed E-state index contributed by atoms with van der Waals surface area (Å²) in [5.74, 6) is 0.964. The fourth-order valence-electron chi connectivity index (χ4n) is 4.59. The number of rotatable bonds is 5. The maximum Gasteiger partial charge on any atom is 0.237 e. The molecule has 2 saturated carbocycles. The van der Waals surface area contributed by atoms with E-state index in [1.807, 2.05) is 0 Å². The molecule has 126 valence electrons. The zero-order valence-electron chi connectivity index (χ0n) is 13.9. The zero-order valence-corrected chi connectivity index (χ0v) is 13.9. The zero-order chi connectivity index (χ0) is 15.2. The first-order valence-electron chi connectivity index (χ1n) is 9.60. The number of carbonyl (C=O) groups is 1. The van der Waals surface area contributed by atoms with Gasteiger partial charge >= 0.3 is 0 Å². The molecule has 3 unspecified atom stereocenters. The summed E-state index contributed by atoms with van der Waals surface area (Å²) in [6, 6.07) is 1.34. The molecular weight excluding hydrogens is 274 g/mol. The van der Waals surface area contributed by atoms with Gasteiger partial charge in [0.05, 0.1) is 6.04 Å². The Kier molecular flexibility index (Phi) is 6.13. The molecule has 4 nitrogen and oxygen atoms in total. The molecule has 22 heavy (non-hydrogen) atoms. The highest BCUT2D eigenvalue weighted by atomic mass is 16.2. The summed E-state index contributed by atoms with van der Waals surface area (Å²) in [6.07, 6.45) is 14.4. The van der Waals surface area contributed by atoms with Crippen LogP contribution in [-0.2, 0) is 4.79 Å². The normalized spacial score (nSPS) is 33.2. The van der Waals surface area contributed by atoms with Gasteiger partial charge in [-0.25, -0.2) is 0 Å². The average molecular weight is 307 g/mol. The fourth-order valence-corrected chi connectivity index (χ4v) is 4.59. The monoisotopic (exact) mass is 307 g/mol. The molecule has 0 bridgehead atoms. The summed E-state index contributed by atoms with van der Waals surface area (Å²) in [5, 5.41) is 10.3. The summed E-state index contributed by atoms with van der Waals surface area (Å²) in [4.78, 5) is 12.3. The second kappa shape index (κ2) is 8.30. The van der Waals surface area contributed by atoms with Gasteiger partial charge in [0.2, 0.25) is 5.91 Å². The lowest BCUT2D eigenvalue weighted by atomic mass is 9.85. The van der Waals surface area contributed by atoms with E-state index in [4.69, 9.17) is 0 Å². The van der Waals surface area contributed by atoms with Gasteiger partial charge < -0.3 is 16.0 Å². The maximum absolute atomic E-state index is 12.3. The van der Waals surface area contributed by atoms with E-state index < -0.39 is 0 Å². The summed E-state index contributed by atoms with van der Waals surface area (Å²) >= 11 is 0. The van der Waals surface area contributed by atoms with Crippen LogP contribution in [0.2, 0.25) is 0 Å². The summed E-state index contributed by atoms with van der Waals surface area (Å²) in [7, 11) is 0. The lowest BCUT2D eigenvalue weighted by molar-refractivity contribution is -0.122. The van der Waals surface area contributed by atoms with E-state index in [1.54, 1.807) is 0 Å². The highest BCUT2D eigenvalue weighted by Crippen LogP contribution is 2.33. The number of amides is 1. The molecule has 0 aromatic rings. The Hall–Kier alpha value is -0.610. The van der Waals surface area contributed by atoms with Crippen molar-refractivity contribution in [2.45, 2.75) is 88.8 Å². The Morgan fingerprint density at radius 3 is 2.41 bits per heavy atom. The molecule has 0 aromatic carbocycles. The molecule has 1 aliphatic heterocycles. The highest BCUT2D eigenvalue weighted by molar-refractivity contribution is 5.82. The van der Waals surface area contributed by atoms with Crippen LogP contribution in [0.5, 0.6) is 0 Å². The van der Waals surface area contributed by atoms with Crippen LogP contribution in [0.1, 0.15) is 70.6 Å². The lowest BCUT2D eigenvalue weighted by Crippen LogP contribution is -2.45. The first kappa shape index (κ1) is 16.3. The van der Waals surface area contributed by atoms with Crippen LogP contribution in [0.4, 0.5) is 0 Å². The Morgan fingerprint density at radius 1 is 0.909 bits per heavy atom. The van der Waals surface area contributed by atoms with Crippen LogP contribution in [0.15, 0.2) is 0 Å². The van der Waals surface area contributed by atoms with Gasteiger partial charge in [0, 0.05) is 25.2 Å². The molecule has 0 radical (unpaired) electrons. The van der Waals surface area contributed by atoms with Crippen LogP contribution in [0, 0.1) is 5.92 Å². The molecule has 0 spiro atoms. The Bertz CT molecular complexity index is 338. The largest absolute Gasteiger partial charge is 0.353 e. The molecule has 4 heteroatoms. The van der Waals surface area contributed by atoms with Crippen molar-refractivity contribution in [3.63, 3.8) is 0 Å². The van der Waals surface area contributed by atoms with Crippen molar-refractivity contribution >= 4 is 5.91 Å². The van der Waals surface area contributed by atoms with Crippen LogP contribution in [-0.4, -0.2) is 37.1 Å². The van der Waals surface area contributed by atoms with Crippen molar-refractivity contribution in [2.75, 3.05) is 13.1 Å². The minimum atomic E-state index is 0.0611. The van der Waals surface area contributed by atoms with Crippen LogP contribution >= 0.6 is 0 Å². The highest BCUT2D eigenvalue weighted by Gasteiger charge is 2.37. The summed E-state index contributed by atoms with van der Waals surface area (Å²) in [6.45, 7) is 1.68. The third kappa shape index (κ3) is 4.45. The third-order valence-corrected chi connectivity index (χ3v) is 5.89. The summed E-state index contributed by atoms with van der Waals surface area (Å²) < 4.78 is 0. The maximum atomic E-state index is 12.3.